The highest BCUT2D eigenvalue weighted by molar-refractivity contribution is 5.95. The second kappa shape index (κ2) is 6.27. The second-order valence-electron chi connectivity index (χ2n) is 8.67. The molecule has 5 rings (SSSR count). The zero-order valence-electron chi connectivity index (χ0n) is 14.5. The minimum atomic E-state index is -0.900. The lowest BCUT2D eigenvalue weighted by molar-refractivity contribution is -0.142. The monoisotopic (exact) mass is 349 g/mol. The molecule has 3 N–H and O–H groups in total. The number of amides is 3. The molecule has 1 saturated heterocycles. The normalized spacial score (nSPS) is 39.4. The summed E-state index contributed by atoms with van der Waals surface area (Å²) in [6.45, 7) is 0.548. The maximum absolute atomic E-state index is 12.3. The summed E-state index contributed by atoms with van der Waals surface area (Å²) in [5.41, 5.74) is -0.129. The Kier molecular flexibility index (Phi) is 4.22. The first kappa shape index (κ1) is 16.8. The third-order valence-electron chi connectivity index (χ3n) is 6.67. The molecule has 7 nitrogen and oxygen atoms in total. The van der Waals surface area contributed by atoms with Crippen LogP contribution in [0.4, 0.5) is 4.79 Å². The average molecular weight is 349 g/mol. The van der Waals surface area contributed by atoms with Gasteiger partial charge in [-0.15, -0.1) is 0 Å². The van der Waals surface area contributed by atoms with Gasteiger partial charge in [0.05, 0.1) is 6.54 Å². The van der Waals surface area contributed by atoms with Gasteiger partial charge in [-0.25, -0.2) is 4.79 Å². The van der Waals surface area contributed by atoms with Crippen LogP contribution < -0.4 is 10.6 Å². The third kappa shape index (κ3) is 3.38. The van der Waals surface area contributed by atoms with Gasteiger partial charge < -0.3 is 10.4 Å². The van der Waals surface area contributed by atoms with Gasteiger partial charge in [-0.2, -0.15) is 0 Å². The third-order valence-corrected chi connectivity index (χ3v) is 6.67. The van der Waals surface area contributed by atoms with E-state index in [9.17, 15) is 14.4 Å². The van der Waals surface area contributed by atoms with Gasteiger partial charge in [0.2, 0.25) is 5.91 Å². The molecule has 5 fully saturated rings. The summed E-state index contributed by atoms with van der Waals surface area (Å²) < 4.78 is 0. The van der Waals surface area contributed by atoms with E-state index in [0.29, 0.717) is 13.0 Å². The van der Waals surface area contributed by atoms with Gasteiger partial charge >= 0.3 is 12.0 Å². The van der Waals surface area contributed by atoms with E-state index in [0.717, 1.165) is 43.4 Å². The largest absolute Gasteiger partial charge is 0.480 e. The lowest BCUT2D eigenvalue weighted by Gasteiger charge is -2.56. The van der Waals surface area contributed by atoms with Crippen LogP contribution in [0.3, 0.4) is 0 Å². The molecule has 5 aliphatic rings. The molecule has 4 bridgehead atoms. The van der Waals surface area contributed by atoms with Crippen molar-refractivity contribution in [3.63, 3.8) is 0 Å². The molecule has 0 aromatic carbocycles. The van der Waals surface area contributed by atoms with Crippen LogP contribution in [0.25, 0.3) is 0 Å². The lowest BCUT2D eigenvalue weighted by Crippen LogP contribution is -2.62. The van der Waals surface area contributed by atoms with Crippen LogP contribution in [0.1, 0.15) is 51.4 Å². The Morgan fingerprint density at radius 2 is 1.64 bits per heavy atom. The number of aliphatic carboxylic acids is 1. The molecule has 1 atom stereocenters. The van der Waals surface area contributed by atoms with Crippen LogP contribution in [0.5, 0.6) is 0 Å². The van der Waals surface area contributed by atoms with E-state index in [1.807, 2.05) is 0 Å². The lowest BCUT2D eigenvalue weighted by atomic mass is 9.53. The second-order valence-corrected chi connectivity index (χ2v) is 8.67. The van der Waals surface area contributed by atoms with Crippen LogP contribution in [0, 0.1) is 17.8 Å². The summed E-state index contributed by atoms with van der Waals surface area (Å²) >= 11 is 0. The summed E-state index contributed by atoms with van der Waals surface area (Å²) in [5, 5.41) is 14.7. The Hall–Kier alpha value is -1.63. The molecular formula is C18H27N3O4. The fraction of sp³-hybridized carbons (Fsp3) is 0.833. The predicted molar refractivity (Wildman–Crippen MR) is 89.8 cm³/mol. The minimum absolute atomic E-state index is 0.0364. The zero-order valence-corrected chi connectivity index (χ0v) is 14.5. The maximum atomic E-state index is 12.3. The number of hydrogen-bond acceptors (Lipinski definition) is 4. The highest BCUT2D eigenvalue weighted by Gasteiger charge is 2.51. The molecule has 25 heavy (non-hydrogen) atoms. The quantitative estimate of drug-likeness (QED) is 0.711. The number of hydrogen-bond donors (Lipinski definition) is 3. The summed E-state index contributed by atoms with van der Waals surface area (Å²) in [7, 11) is 0. The number of rotatable bonds is 4. The van der Waals surface area contributed by atoms with Crippen molar-refractivity contribution in [1.29, 1.82) is 0 Å². The number of nitrogens with one attached hydrogen (secondary N) is 2. The van der Waals surface area contributed by atoms with Gasteiger partial charge in [0.1, 0.15) is 6.04 Å². The van der Waals surface area contributed by atoms with Crippen molar-refractivity contribution in [2.24, 2.45) is 17.8 Å². The molecule has 138 valence electrons. The van der Waals surface area contributed by atoms with Crippen LogP contribution in [0.2, 0.25) is 0 Å². The highest BCUT2D eigenvalue weighted by atomic mass is 16.4. The van der Waals surface area contributed by atoms with Crippen LogP contribution in [-0.4, -0.2) is 52.6 Å². The smallest absolute Gasteiger partial charge is 0.321 e. The number of carbonyl (C=O) groups is 3. The van der Waals surface area contributed by atoms with E-state index < -0.39 is 23.9 Å². The van der Waals surface area contributed by atoms with E-state index in [1.54, 1.807) is 4.90 Å². The van der Waals surface area contributed by atoms with Crippen LogP contribution >= 0.6 is 0 Å². The van der Waals surface area contributed by atoms with Crippen molar-refractivity contribution in [2.45, 2.75) is 62.9 Å². The molecule has 1 aliphatic heterocycles. The fourth-order valence-electron chi connectivity index (χ4n) is 6.18. The van der Waals surface area contributed by atoms with Crippen molar-refractivity contribution in [1.82, 2.24) is 15.5 Å². The molecule has 1 heterocycles. The Balaban J connectivity index is 1.30. The molecule has 0 radical (unpaired) electrons. The molecule has 4 aliphatic carbocycles. The first-order chi connectivity index (χ1) is 11.9. The first-order valence-electron chi connectivity index (χ1n) is 9.51. The fourth-order valence-corrected chi connectivity index (χ4v) is 6.18. The standard InChI is InChI=1S/C18H27N3O4/c22-15(10-21-3-1-2-14(21)16(23)24)19-17(25)20-18-7-11-4-12(8-18)6-13(5-11)9-18/h11-14H,1-10H2,(H,23,24)(H2,19,20,22,25)/t11?,12?,13?,14-,18?/m1/s1. The predicted octanol–water partition coefficient (Wildman–Crippen LogP) is 1.33. The summed E-state index contributed by atoms with van der Waals surface area (Å²) in [4.78, 5) is 37.3. The van der Waals surface area contributed by atoms with E-state index >= 15 is 0 Å². The molecule has 4 saturated carbocycles. The van der Waals surface area contributed by atoms with E-state index in [-0.39, 0.29) is 12.1 Å². The van der Waals surface area contributed by atoms with Gasteiger partial charge in [0.15, 0.2) is 0 Å². The van der Waals surface area contributed by atoms with Crippen molar-refractivity contribution < 1.29 is 19.5 Å². The van der Waals surface area contributed by atoms with Gasteiger partial charge in [-0.3, -0.25) is 19.8 Å². The number of carbonyl (C=O) groups excluding carboxylic acids is 2. The Bertz CT molecular complexity index is 556. The maximum Gasteiger partial charge on any atom is 0.321 e. The van der Waals surface area contributed by atoms with Crippen molar-refractivity contribution >= 4 is 17.9 Å². The minimum Gasteiger partial charge on any atom is -0.480 e. The Morgan fingerprint density at radius 3 is 2.20 bits per heavy atom. The number of carboxylic acid groups (broad SMARTS) is 1. The molecule has 3 amide bonds. The van der Waals surface area contributed by atoms with Gasteiger partial charge in [0.25, 0.3) is 0 Å². The summed E-state index contributed by atoms with van der Waals surface area (Å²) in [5.74, 6) is 0.855. The topological polar surface area (TPSA) is 98.7 Å². The number of nitrogens with zero attached hydrogens (tertiary/aromatic N) is 1. The summed E-state index contributed by atoms with van der Waals surface area (Å²) in [6, 6.07) is -1.03. The number of carboxylic acids is 1. The van der Waals surface area contributed by atoms with Crippen LogP contribution in [-0.2, 0) is 9.59 Å². The molecule has 0 spiro atoms. The van der Waals surface area contributed by atoms with Crippen molar-refractivity contribution in [3.05, 3.63) is 0 Å². The summed E-state index contributed by atoms with van der Waals surface area (Å²) in [6.07, 6.45) is 8.33. The van der Waals surface area contributed by atoms with Gasteiger partial charge in [0, 0.05) is 5.54 Å². The van der Waals surface area contributed by atoms with Crippen LogP contribution in [0.15, 0.2) is 0 Å². The Morgan fingerprint density at radius 1 is 1.04 bits per heavy atom. The van der Waals surface area contributed by atoms with Crippen molar-refractivity contribution in [3.8, 4) is 0 Å². The highest BCUT2D eigenvalue weighted by Crippen LogP contribution is 2.55. The molecule has 7 heteroatoms. The van der Waals surface area contributed by atoms with Gasteiger partial charge in [-0.05, 0) is 75.7 Å². The Labute approximate surface area is 147 Å². The first-order valence-corrected chi connectivity index (χ1v) is 9.51. The molecule has 0 aromatic heterocycles. The molecule has 0 aromatic rings. The molecular weight excluding hydrogens is 322 g/mol. The average Bonchev–Trinajstić information content (AvgIpc) is 2.92. The van der Waals surface area contributed by atoms with Crippen molar-refractivity contribution in [2.75, 3.05) is 13.1 Å². The molecule has 0 unspecified atom stereocenters. The van der Waals surface area contributed by atoms with E-state index in [4.69, 9.17) is 5.11 Å². The number of imide groups is 1. The van der Waals surface area contributed by atoms with E-state index in [1.165, 1.54) is 19.3 Å². The zero-order chi connectivity index (χ0) is 17.6. The van der Waals surface area contributed by atoms with Gasteiger partial charge in [-0.1, -0.05) is 0 Å². The SMILES string of the molecule is O=C(CN1CCC[C@@H]1C(=O)O)NC(=O)NC12CC3CC(CC(C3)C1)C2. The number of likely N-dealkylation sites (tertiary alicyclic amines) is 1. The number of urea groups is 1. The van der Waals surface area contributed by atoms with E-state index in [2.05, 4.69) is 10.6 Å².